The summed E-state index contributed by atoms with van der Waals surface area (Å²) in [5, 5.41) is 3.70. The van der Waals surface area contributed by atoms with Gasteiger partial charge in [0.2, 0.25) is 0 Å². The summed E-state index contributed by atoms with van der Waals surface area (Å²) in [5.41, 5.74) is 1.65. The largest absolute Gasteiger partial charge is 0.380 e. The molecule has 0 saturated heterocycles. The van der Waals surface area contributed by atoms with Crippen LogP contribution < -0.4 is 5.32 Å². The summed E-state index contributed by atoms with van der Waals surface area (Å²) in [6.45, 7) is 4.01. The van der Waals surface area contributed by atoms with Gasteiger partial charge in [0, 0.05) is 11.1 Å². The van der Waals surface area contributed by atoms with E-state index >= 15 is 0 Å². The van der Waals surface area contributed by atoms with Crippen LogP contribution in [0, 0.1) is 11.7 Å². The van der Waals surface area contributed by atoms with E-state index in [-0.39, 0.29) is 11.9 Å². The molecule has 0 amide bonds. The zero-order valence-electron chi connectivity index (χ0n) is 11.1. The Morgan fingerprint density at radius 3 is 2.61 bits per heavy atom. The molecule has 1 aliphatic rings. The molecule has 1 N–H and O–H groups in total. The fourth-order valence-electron chi connectivity index (χ4n) is 2.70. The lowest BCUT2D eigenvalue weighted by molar-refractivity contribution is 0.545. The van der Waals surface area contributed by atoms with Gasteiger partial charge in [-0.15, -0.1) is 0 Å². The second-order valence-corrected chi connectivity index (χ2v) is 5.98. The second-order valence-electron chi connectivity index (χ2n) is 5.58. The van der Waals surface area contributed by atoms with E-state index in [4.69, 9.17) is 11.6 Å². The van der Waals surface area contributed by atoms with E-state index in [1.165, 1.54) is 31.7 Å². The first-order valence-electron chi connectivity index (χ1n) is 6.80. The first kappa shape index (κ1) is 13.7. The van der Waals surface area contributed by atoms with Crippen molar-refractivity contribution in [3.63, 3.8) is 0 Å². The van der Waals surface area contributed by atoms with E-state index in [0.717, 1.165) is 17.9 Å². The predicted octanol–water partition coefficient (Wildman–Crippen LogP) is 5.03. The van der Waals surface area contributed by atoms with Crippen LogP contribution in [0.4, 0.5) is 10.1 Å². The van der Waals surface area contributed by atoms with Crippen LogP contribution in [-0.2, 0) is 6.42 Å². The molecule has 0 heterocycles. The van der Waals surface area contributed by atoms with E-state index in [1.807, 2.05) is 19.9 Å². The fraction of sp³-hybridized carbons (Fsp3) is 0.600. The van der Waals surface area contributed by atoms with Gasteiger partial charge in [-0.2, -0.15) is 0 Å². The summed E-state index contributed by atoms with van der Waals surface area (Å²) in [5.74, 6) is 0.462. The lowest BCUT2D eigenvalue weighted by Gasteiger charge is -2.15. The Hall–Kier alpha value is -0.760. The number of halogens is 2. The van der Waals surface area contributed by atoms with Gasteiger partial charge in [0.25, 0.3) is 0 Å². The number of anilines is 1. The summed E-state index contributed by atoms with van der Waals surface area (Å²) in [4.78, 5) is 0. The predicted molar refractivity (Wildman–Crippen MR) is 75.8 cm³/mol. The minimum absolute atomic E-state index is 0.222. The molecule has 0 atom stereocenters. The maximum atomic E-state index is 13.8. The van der Waals surface area contributed by atoms with E-state index < -0.39 is 0 Å². The van der Waals surface area contributed by atoms with Crippen molar-refractivity contribution in [3.05, 3.63) is 28.5 Å². The number of hydrogen-bond donors (Lipinski definition) is 1. The SMILES string of the molecule is CC(C)Nc1cc(CC2CCCC2)c(Cl)cc1F. The Kier molecular flexibility index (Phi) is 4.50. The highest BCUT2D eigenvalue weighted by Crippen LogP contribution is 2.32. The van der Waals surface area contributed by atoms with E-state index in [1.54, 1.807) is 0 Å². The van der Waals surface area contributed by atoms with Crippen LogP contribution in [0.25, 0.3) is 0 Å². The Bertz CT molecular complexity index is 411. The monoisotopic (exact) mass is 269 g/mol. The molecule has 1 aliphatic carbocycles. The highest BCUT2D eigenvalue weighted by Gasteiger charge is 2.18. The highest BCUT2D eigenvalue weighted by molar-refractivity contribution is 6.31. The minimum atomic E-state index is -0.260. The van der Waals surface area contributed by atoms with Crippen molar-refractivity contribution in [2.75, 3.05) is 5.32 Å². The van der Waals surface area contributed by atoms with Gasteiger partial charge in [-0.05, 0) is 43.9 Å². The van der Waals surface area contributed by atoms with Crippen molar-refractivity contribution in [3.8, 4) is 0 Å². The lowest BCUT2D eigenvalue weighted by Crippen LogP contribution is -2.12. The van der Waals surface area contributed by atoms with Gasteiger partial charge in [0.15, 0.2) is 0 Å². The highest BCUT2D eigenvalue weighted by atomic mass is 35.5. The number of rotatable bonds is 4. The maximum Gasteiger partial charge on any atom is 0.147 e. The molecule has 1 nitrogen and oxygen atoms in total. The molecule has 3 heteroatoms. The summed E-state index contributed by atoms with van der Waals surface area (Å²) < 4.78 is 13.8. The van der Waals surface area contributed by atoms with Gasteiger partial charge < -0.3 is 5.32 Å². The van der Waals surface area contributed by atoms with Crippen LogP contribution in [0.15, 0.2) is 12.1 Å². The first-order chi connectivity index (χ1) is 8.56. The van der Waals surface area contributed by atoms with Crippen molar-refractivity contribution in [2.24, 2.45) is 5.92 Å². The van der Waals surface area contributed by atoms with Crippen molar-refractivity contribution < 1.29 is 4.39 Å². The molecule has 100 valence electrons. The van der Waals surface area contributed by atoms with Gasteiger partial charge in [0.1, 0.15) is 5.82 Å². The topological polar surface area (TPSA) is 12.0 Å². The van der Waals surface area contributed by atoms with Crippen molar-refractivity contribution >= 4 is 17.3 Å². The van der Waals surface area contributed by atoms with Crippen molar-refractivity contribution in [2.45, 2.75) is 52.0 Å². The van der Waals surface area contributed by atoms with Gasteiger partial charge in [0.05, 0.1) is 5.69 Å². The zero-order chi connectivity index (χ0) is 13.1. The molecule has 0 aliphatic heterocycles. The van der Waals surface area contributed by atoms with Gasteiger partial charge in [-0.25, -0.2) is 4.39 Å². The number of nitrogens with one attached hydrogen (secondary N) is 1. The fourth-order valence-corrected chi connectivity index (χ4v) is 2.92. The molecular formula is C15H21ClFN. The molecular weight excluding hydrogens is 249 g/mol. The zero-order valence-corrected chi connectivity index (χ0v) is 11.9. The molecule has 1 aromatic carbocycles. The Balaban J connectivity index is 2.17. The van der Waals surface area contributed by atoms with E-state index in [2.05, 4.69) is 5.32 Å². The summed E-state index contributed by atoms with van der Waals surface area (Å²) >= 11 is 6.15. The minimum Gasteiger partial charge on any atom is -0.380 e. The summed E-state index contributed by atoms with van der Waals surface area (Å²) in [6, 6.07) is 3.55. The van der Waals surface area contributed by atoms with E-state index in [0.29, 0.717) is 10.7 Å². The third-order valence-electron chi connectivity index (χ3n) is 3.56. The number of hydrogen-bond acceptors (Lipinski definition) is 1. The molecule has 18 heavy (non-hydrogen) atoms. The van der Waals surface area contributed by atoms with Crippen LogP contribution in [0.2, 0.25) is 5.02 Å². The molecule has 0 aromatic heterocycles. The molecule has 0 spiro atoms. The Morgan fingerprint density at radius 2 is 2.00 bits per heavy atom. The molecule has 1 saturated carbocycles. The first-order valence-corrected chi connectivity index (χ1v) is 7.18. The third-order valence-corrected chi connectivity index (χ3v) is 3.92. The quantitative estimate of drug-likeness (QED) is 0.808. The molecule has 0 radical (unpaired) electrons. The summed E-state index contributed by atoms with van der Waals surface area (Å²) in [6.07, 6.45) is 6.17. The lowest BCUT2D eigenvalue weighted by atomic mass is 9.97. The van der Waals surface area contributed by atoms with Crippen LogP contribution in [0.5, 0.6) is 0 Å². The van der Waals surface area contributed by atoms with E-state index in [9.17, 15) is 4.39 Å². The van der Waals surface area contributed by atoms with Crippen LogP contribution in [0.3, 0.4) is 0 Å². The summed E-state index contributed by atoms with van der Waals surface area (Å²) in [7, 11) is 0. The molecule has 0 bridgehead atoms. The molecule has 1 fully saturated rings. The smallest absolute Gasteiger partial charge is 0.147 e. The normalized spacial score (nSPS) is 16.5. The Labute approximate surface area is 114 Å². The Morgan fingerprint density at radius 1 is 1.33 bits per heavy atom. The molecule has 1 aromatic rings. The maximum absolute atomic E-state index is 13.8. The van der Waals surface area contributed by atoms with Crippen molar-refractivity contribution in [1.29, 1.82) is 0 Å². The number of benzene rings is 1. The van der Waals surface area contributed by atoms with Crippen LogP contribution >= 0.6 is 11.6 Å². The van der Waals surface area contributed by atoms with Crippen molar-refractivity contribution in [1.82, 2.24) is 0 Å². The average molecular weight is 270 g/mol. The van der Waals surface area contributed by atoms with Gasteiger partial charge >= 0.3 is 0 Å². The van der Waals surface area contributed by atoms with Gasteiger partial charge in [-0.1, -0.05) is 37.3 Å². The molecule has 0 unspecified atom stereocenters. The van der Waals surface area contributed by atoms with Gasteiger partial charge in [-0.3, -0.25) is 0 Å². The molecule has 2 rings (SSSR count). The standard InChI is InChI=1S/C15H21ClFN/c1-10(2)18-15-8-12(13(16)9-14(15)17)7-11-5-3-4-6-11/h8-11,18H,3-7H2,1-2H3. The second kappa shape index (κ2) is 5.92. The average Bonchev–Trinajstić information content (AvgIpc) is 2.77. The third kappa shape index (κ3) is 3.38. The van der Waals surface area contributed by atoms with Crippen LogP contribution in [-0.4, -0.2) is 6.04 Å². The van der Waals surface area contributed by atoms with Crippen LogP contribution in [0.1, 0.15) is 45.1 Å².